The average molecular weight is 773 g/mol. The van der Waals surface area contributed by atoms with Gasteiger partial charge in [-0.2, -0.15) is 26.3 Å². The van der Waals surface area contributed by atoms with Gasteiger partial charge in [-0.05, 0) is 54.8 Å². The van der Waals surface area contributed by atoms with Crippen molar-refractivity contribution in [3.05, 3.63) is 47.5 Å². The van der Waals surface area contributed by atoms with Crippen LogP contribution in [0.15, 0.2) is 36.4 Å². The molecule has 6 aliphatic carbocycles. The molecule has 4 aliphatic heterocycles. The van der Waals surface area contributed by atoms with E-state index in [4.69, 9.17) is 28.4 Å². The highest BCUT2D eigenvalue weighted by Gasteiger charge is 2.99. The topological polar surface area (TPSA) is 89.5 Å². The molecule has 0 aromatic heterocycles. The average Bonchev–Trinajstić information content (AvgIpc) is 4.01. The van der Waals surface area contributed by atoms with Crippen molar-refractivity contribution in [3.8, 4) is 11.5 Å². The molecule has 4 heterocycles. The van der Waals surface area contributed by atoms with Gasteiger partial charge in [-0.15, -0.1) is 0 Å². The quantitative estimate of drug-likeness (QED) is 0.192. The highest BCUT2D eigenvalue weighted by Crippen LogP contribution is 2.90. The molecule has 10 aliphatic rings. The van der Waals surface area contributed by atoms with Gasteiger partial charge in [0.1, 0.15) is 11.5 Å². The Hall–Kier alpha value is -3.52. The zero-order valence-corrected chi connectivity index (χ0v) is 30.2. The molecule has 8 fully saturated rings. The number of halogens is 6. The van der Waals surface area contributed by atoms with Crippen molar-refractivity contribution < 1.29 is 64.4 Å². The number of ether oxygens (including phenoxy) is 6. The predicted molar refractivity (Wildman–Crippen MR) is 177 cm³/mol. The Morgan fingerprint density at radius 3 is 1.42 bits per heavy atom. The van der Waals surface area contributed by atoms with Crippen LogP contribution in [0.2, 0.25) is 0 Å². The molecule has 4 saturated heterocycles. The molecule has 14 heteroatoms. The third-order valence-electron chi connectivity index (χ3n) is 17.3. The highest BCUT2D eigenvalue weighted by atomic mass is 19.4. The van der Waals surface area contributed by atoms with Gasteiger partial charge in [0.25, 0.3) is 0 Å². The second-order valence-electron chi connectivity index (χ2n) is 18.0. The summed E-state index contributed by atoms with van der Waals surface area (Å²) in [6.07, 6.45) is -6.37. The van der Waals surface area contributed by atoms with Crippen LogP contribution in [0.4, 0.5) is 26.3 Å². The zero-order valence-electron chi connectivity index (χ0n) is 30.2. The number of alkyl halides is 6. The fraction of sp³-hybridized carbons (Fsp3) is 0.659. The van der Waals surface area contributed by atoms with Crippen molar-refractivity contribution in [2.24, 2.45) is 71.0 Å². The van der Waals surface area contributed by atoms with Crippen molar-refractivity contribution in [1.82, 2.24) is 0 Å². The van der Waals surface area contributed by atoms with Crippen LogP contribution >= 0.6 is 0 Å². The third kappa shape index (κ3) is 3.01. The summed E-state index contributed by atoms with van der Waals surface area (Å²) >= 11 is 0. The number of rotatable bonds is 4. The van der Waals surface area contributed by atoms with Crippen LogP contribution in [0.1, 0.15) is 42.2 Å². The highest BCUT2D eigenvalue weighted by molar-refractivity contribution is 5.98. The van der Waals surface area contributed by atoms with E-state index in [9.17, 15) is 9.59 Å². The Morgan fingerprint density at radius 2 is 1.04 bits per heavy atom. The molecule has 0 amide bonds. The number of fused-ring (bicyclic) bond motifs is 34. The predicted octanol–water partition coefficient (Wildman–Crippen LogP) is 6.74. The Kier molecular flexibility index (Phi) is 5.86. The third-order valence-corrected chi connectivity index (χ3v) is 17.3. The van der Waals surface area contributed by atoms with Gasteiger partial charge < -0.3 is 28.4 Å². The normalized spacial score (nSPS) is 50.4. The first-order chi connectivity index (χ1) is 26.2. The number of benzene rings is 2. The Bertz CT molecular complexity index is 2040. The first kappa shape index (κ1) is 33.6. The SMILES string of the molecule is COC(=O)C12OC(C(=O)OC)(C3C4CC(c5c4c(OC)c4ccccc4c5OC)C31)C1C3CC(C12)C1C3C2(C(F)(F)F)OC1(C(F)(F)F)C1C3C=CC(C3)C12. The molecule has 4 saturated carbocycles. The molecular weight excluding hydrogens is 734 g/mol. The smallest absolute Gasteiger partial charge is 0.418 e. The summed E-state index contributed by atoms with van der Waals surface area (Å²) in [5.74, 6) is -14.8. The van der Waals surface area contributed by atoms with Crippen molar-refractivity contribution >= 4 is 22.7 Å². The first-order valence-corrected chi connectivity index (χ1v) is 19.2. The van der Waals surface area contributed by atoms with Crippen molar-refractivity contribution in [2.45, 2.75) is 65.9 Å². The minimum Gasteiger partial charge on any atom is -0.496 e. The summed E-state index contributed by atoms with van der Waals surface area (Å²) in [4.78, 5) is 29.5. The lowest BCUT2D eigenvalue weighted by Gasteiger charge is -2.57. The molecule has 2 aromatic rings. The lowest BCUT2D eigenvalue weighted by Crippen LogP contribution is -2.69. The number of allylic oxidation sites excluding steroid dienone is 2. The van der Waals surface area contributed by atoms with E-state index in [1.165, 1.54) is 14.2 Å². The molecule has 10 bridgehead atoms. The molecule has 292 valence electrons. The molecule has 55 heavy (non-hydrogen) atoms. The summed E-state index contributed by atoms with van der Waals surface area (Å²) in [6.45, 7) is 0. The van der Waals surface area contributed by atoms with Crippen LogP contribution in [0.25, 0.3) is 10.8 Å². The van der Waals surface area contributed by atoms with E-state index in [2.05, 4.69) is 0 Å². The maximum Gasteiger partial charge on any atom is 0.418 e. The standard InChI is InChI=1S/C41H38F6O8/c1-50-32-16-7-5-6-8-17(16)33(51-2)23-19-12-18(22(23)32)26-27(19)37(35(49)53-4)29-21-13-20(28(29)36(26,54-37)34(48)52-3)30-31(21)39(41(45,46)47)25-15-10-9-14(11-15)24(25)38(30,55-39)40(42,43)44/h5-10,14-15,18-21,24-31H,11-13H2,1-4H3. The van der Waals surface area contributed by atoms with E-state index in [-0.39, 0.29) is 12.8 Å². The Balaban J connectivity index is 1.12. The molecule has 0 spiro atoms. The molecule has 2 aromatic carbocycles. The van der Waals surface area contributed by atoms with E-state index in [0.29, 0.717) is 17.9 Å². The van der Waals surface area contributed by atoms with Crippen LogP contribution in [0, 0.1) is 71.0 Å². The van der Waals surface area contributed by atoms with Crippen LogP contribution in [0.5, 0.6) is 11.5 Å². The fourth-order valence-corrected chi connectivity index (χ4v) is 16.9. The van der Waals surface area contributed by atoms with E-state index >= 15 is 26.3 Å². The first-order valence-electron chi connectivity index (χ1n) is 19.2. The minimum absolute atomic E-state index is 0.0228. The van der Waals surface area contributed by atoms with Crippen LogP contribution in [0.3, 0.4) is 0 Å². The van der Waals surface area contributed by atoms with Gasteiger partial charge in [-0.3, -0.25) is 0 Å². The molecule has 8 nitrogen and oxygen atoms in total. The van der Waals surface area contributed by atoms with Crippen molar-refractivity contribution in [3.63, 3.8) is 0 Å². The second-order valence-corrected chi connectivity index (χ2v) is 18.0. The molecule has 12 rings (SSSR count). The lowest BCUT2D eigenvalue weighted by molar-refractivity contribution is -0.329. The van der Waals surface area contributed by atoms with Crippen LogP contribution in [-0.2, 0) is 28.5 Å². The molecule has 18 atom stereocenters. The number of carbonyl (C=O) groups is 2. The van der Waals surface area contributed by atoms with Gasteiger partial charge in [0.2, 0.25) is 0 Å². The summed E-state index contributed by atoms with van der Waals surface area (Å²) in [6, 6.07) is 7.53. The van der Waals surface area contributed by atoms with E-state index in [0.717, 1.165) is 21.9 Å². The lowest BCUT2D eigenvalue weighted by atomic mass is 9.43. The van der Waals surface area contributed by atoms with Gasteiger partial charge >= 0.3 is 24.3 Å². The van der Waals surface area contributed by atoms with Crippen molar-refractivity contribution in [2.75, 3.05) is 28.4 Å². The maximum absolute atomic E-state index is 16.1. The number of methoxy groups -OCH3 is 4. The van der Waals surface area contributed by atoms with Gasteiger partial charge in [-0.25, -0.2) is 9.59 Å². The maximum atomic E-state index is 16.1. The fourth-order valence-electron chi connectivity index (χ4n) is 16.9. The van der Waals surface area contributed by atoms with Crippen LogP contribution < -0.4 is 9.47 Å². The Labute approximate surface area is 311 Å². The number of esters is 2. The van der Waals surface area contributed by atoms with Gasteiger partial charge in [0.15, 0.2) is 22.4 Å². The summed E-state index contributed by atoms with van der Waals surface area (Å²) < 4.78 is 133. The Morgan fingerprint density at radius 1 is 0.600 bits per heavy atom. The summed E-state index contributed by atoms with van der Waals surface area (Å²) in [5.41, 5.74) is -8.50. The molecule has 0 N–H and O–H groups in total. The second kappa shape index (κ2) is 9.60. The van der Waals surface area contributed by atoms with Gasteiger partial charge in [0.05, 0.1) is 28.4 Å². The summed E-state index contributed by atoms with van der Waals surface area (Å²) in [7, 11) is 5.46. The zero-order chi connectivity index (χ0) is 38.3. The minimum atomic E-state index is -5.14. The molecule has 0 radical (unpaired) electrons. The summed E-state index contributed by atoms with van der Waals surface area (Å²) in [5, 5.41) is 1.53. The largest absolute Gasteiger partial charge is 0.496 e. The van der Waals surface area contributed by atoms with Crippen LogP contribution in [-0.4, -0.2) is 75.1 Å². The number of hydrogen-bond acceptors (Lipinski definition) is 8. The number of carbonyl (C=O) groups excluding carboxylic acids is 2. The monoisotopic (exact) mass is 772 g/mol. The van der Waals surface area contributed by atoms with E-state index < -0.39 is 130 Å². The van der Waals surface area contributed by atoms with Gasteiger partial charge in [-0.1, -0.05) is 36.4 Å². The van der Waals surface area contributed by atoms with Crippen molar-refractivity contribution in [1.29, 1.82) is 0 Å². The molecular formula is C41H38F6O8. The molecule has 18 unspecified atom stereocenters. The van der Waals surface area contributed by atoms with Gasteiger partial charge in [0, 0.05) is 69.2 Å². The van der Waals surface area contributed by atoms with E-state index in [1.54, 1.807) is 26.4 Å². The van der Waals surface area contributed by atoms with E-state index in [1.807, 2.05) is 24.3 Å². The number of hydrogen-bond donors (Lipinski definition) is 0.